The SMILES string of the molecule is Cc1ccc(NC(=O)NC(=O)C(C)Sc2nnnn2CC2CCCO2)c(C)c1. The van der Waals surface area contributed by atoms with Crippen LogP contribution in [-0.2, 0) is 16.1 Å². The van der Waals surface area contributed by atoms with Gasteiger partial charge < -0.3 is 10.1 Å². The monoisotopic (exact) mass is 404 g/mol. The van der Waals surface area contributed by atoms with Crippen LogP contribution in [0.2, 0.25) is 0 Å². The van der Waals surface area contributed by atoms with Crippen molar-refractivity contribution >= 4 is 29.4 Å². The van der Waals surface area contributed by atoms with E-state index in [4.69, 9.17) is 4.74 Å². The highest BCUT2D eigenvalue weighted by Crippen LogP contribution is 2.22. The molecule has 10 heteroatoms. The number of hydrogen-bond acceptors (Lipinski definition) is 7. The first-order chi connectivity index (χ1) is 13.4. The molecule has 2 unspecified atom stereocenters. The van der Waals surface area contributed by atoms with Crippen LogP contribution in [-0.4, -0.2) is 50.1 Å². The van der Waals surface area contributed by atoms with Gasteiger partial charge in [-0.25, -0.2) is 9.48 Å². The number of carbonyl (C=O) groups excluding carboxylic acids is 2. The maximum absolute atomic E-state index is 12.4. The minimum absolute atomic E-state index is 0.0931. The lowest BCUT2D eigenvalue weighted by molar-refractivity contribution is -0.119. The van der Waals surface area contributed by atoms with Crippen LogP contribution in [0.3, 0.4) is 0 Å². The minimum Gasteiger partial charge on any atom is -0.376 e. The topological polar surface area (TPSA) is 111 Å². The number of tetrazole rings is 1. The first-order valence-corrected chi connectivity index (χ1v) is 10.0. The van der Waals surface area contributed by atoms with E-state index in [9.17, 15) is 9.59 Å². The van der Waals surface area contributed by atoms with Crippen molar-refractivity contribution in [3.05, 3.63) is 29.3 Å². The average molecular weight is 404 g/mol. The van der Waals surface area contributed by atoms with E-state index in [1.54, 1.807) is 11.6 Å². The third-order valence-corrected chi connectivity index (χ3v) is 5.49. The molecular formula is C18H24N6O3S. The van der Waals surface area contributed by atoms with Crippen molar-refractivity contribution in [3.63, 3.8) is 0 Å². The van der Waals surface area contributed by atoms with Gasteiger partial charge in [-0.1, -0.05) is 29.5 Å². The van der Waals surface area contributed by atoms with Crippen LogP contribution in [0.1, 0.15) is 30.9 Å². The molecule has 1 fully saturated rings. The molecule has 2 heterocycles. The summed E-state index contributed by atoms with van der Waals surface area (Å²) in [4.78, 5) is 24.5. The van der Waals surface area contributed by atoms with Gasteiger partial charge in [-0.2, -0.15) is 0 Å². The molecule has 0 aliphatic carbocycles. The fraction of sp³-hybridized carbons (Fsp3) is 0.500. The van der Waals surface area contributed by atoms with Crippen LogP contribution in [0.25, 0.3) is 0 Å². The molecule has 2 N–H and O–H groups in total. The molecule has 9 nitrogen and oxygen atoms in total. The second-order valence-electron chi connectivity index (χ2n) is 6.80. The molecule has 0 saturated carbocycles. The predicted molar refractivity (Wildman–Crippen MR) is 105 cm³/mol. The van der Waals surface area contributed by atoms with Crippen LogP contribution in [0.5, 0.6) is 0 Å². The van der Waals surface area contributed by atoms with E-state index in [0.717, 1.165) is 30.6 Å². The lowest BCUT2D eigenvalue weighted by Crippen LogP contribution is -2.39. The zero-order valence-electron chi connectivity index (χ0n) is 16.1. The van der Waals surface area contributed by atoms with E-state index < -0.39 is 17.2 Å². The summed E-state index contributed by atoms with van der Waals surface area (Å²) >= 11 is 1.20. The Morgan fingerprint density at radius 2 is 2.21 bits per heavy atom. The summed E-state index contributed by atoms with van der Waals surface area (Å²) in [6, 6.07) is 5.11. The molecular weight excluding hydrogens is 380 g/mol. The van der Waals surface area contributed by atoms with Crippen LogP contribution in [0, 0.1) is 13.8 Å². The molecule has 0 bridgehead atoms. The minimum atomic E-state index is -0.566. The summed E-state index contributed by atoms with van der Waals surface area (Å²) in [5.41, 5.74) is 2.69. The number of amides is 3. The third kappa shape index (κ3) is 5.29. The van der Waals surface area contributed by atoms with Gasteiger partial charge in [-0.15, -0.1) is 5.10 Å². The number of nitrogens with one attached hydrogen (secondary N) is 2. The standard InChI is InChI=1S/C18H24N6O3S/c1-11-6-7-15(12(2)9-11)19-17(26)20-16(25)13(3)28-18-21-22-23-24(18)10-14-5-4-8-27-14/h6-7,9,13-14H,4-5,8,10H2,1-3H3,(H2,19,20,25,26). The Morgan fingerprint density at radius 3 is 2.93 bits per heavy atom. The van der Waals surface area contributed by atoms with Crippen molar-refractivity contribution in [2.24, 2.45) is 0 Å². The van der Waals surface area contributed by atoms with Gasteiger partial charge >= 0.3 is 6.03 Å². The number of hydrogen-bond donors (Lipinski definition) is 2. The van der Waals surface area contributed by atoms with Gasteiger partial charge in [0, 0.05) is 12.3 Å². The van der Waals surface area contributed by atoms with Crippen LogP contribution < -0.4 is 10.6 Å². The van der Waals surface area contributed by atoms with E-state index in [-0.39, 0.29) is 6.10 Å². The number of aryl methyl sites for hydroxylation is 2. The second kappa shape index (κ2) is 9.16. The highest BCUT2D eigenvalue weighted by molar-refractivity contribution is 8.00. The van der Waals surface area contributed by atoms with E-state index in [2.05, 4.69) is 26.2 Å². The number of ether oxygens (including phenoxy) is 1. The van der Waals surface area contributed by atoms with E-state index >= 15 is 0 Å². The van der Waals surface area contributed by atoms with Crippen molar-refractivity contribution in [1.82, 2.24) is 25.5 Å². The number of nitrogens with zero attached hydrogens (tertiary/aromatic N) is 4. The number of rotatable bonds is 6. The molecule has 28 heavy (non-hydrogen) atoms. The Balaban J connectivity index is 1.53. The Kier molecular flexibility index (Phi) is 6.63. The third-order valence-electron chi connectivity index (χ3n) is 4.42. The number of benzene rings is 1. The fourth-order valence-corrected chi connectivity index (χ4v) is 3.71. The Morgan fingerprint density at radius 1 is 1.39 bits per heavy atom. The van der Waals surface area contributed by atoms with Crippen molar-refractivity contribution in [1.29, 1.82) is 0 Å². The Bertz CT molecular complexity index is 850. The zero-order chi connectivity index (χ0) is 20.1. The van der Waals surface area contributed by atoms with Crippen molar-refractivity contribution in [2.45, 2.75) is 56.7 Å². The second-order valence-corrected chi connectivity index (χ2v) is 8.11. The number of imide groups is 1. The first-order valence-electron chi connectivity index (χ1n) is 9.16. The molecule has 1 aromatic heterocycles. The van der Waals surface area contributed by atoms with Crippen LogP contribution in [0.4, 0.5) is 10.5 Å². The summed E-state index contributed by atoms with van der Waals surface area (Å²) in [5.74, 6) is -0.418. The van der Waals surface area contributed by atoms with Gasteiger partial charge in [0.15, 0.2) is 0 Å². The molecule has 150 valence electrons. The number of carbonyl (C=O) groups is 2. The molecule has 1 aliphatic heterocycles. The summed E-state index contributed by atoms with van der Waals surface area (Å²) < 4.78 is 7.24. The normalized spacial score (nSPS) is 17.3. The van der Waals surface area contributed by atoms with E-state index in [1.807, 2.05) is 32.0 Å². The Hall–Kier alpha value is -2.46. The van der Waals surface area contributed by atoms with Gasteiger partial charge in [-0.05, 0) is 55.7 Å². The molecule has 1 saturated heterocycles. The lowest BCUT2D eigenvalue weighted by atomic mass is 10.1. The van der Waals surface area contributed by atoms with Crippen LogP contribution in [0.15, 0.2) is 23.4 Å². The molecule has 2 aromatic rings. The summed E-state index contributed by atoms with van der Waals surface area (Å²) in [6.45, 7) is 6.89. The molecule has 1 aliphatic rings. The largest absolute Gasteiger partial charge is 0.376 e. The van der Waals surface area contributed by atoms with E-state index in [1.165, 1.54) is 11.8 Å². The molecule has 0 spiro atoms. The number of anilines is 1. The summed E-state index contributed by atoms with van der Waals surface area (Å²) in [5, 5.41) is 16.7. The summed E-state index contributed by atoms with van der Waals surface area (Å²) in [7, 11) is 0. The first kappa shape index (κ1) is 20.3. The Labute approximate surface area is 167 Å². The maximum atomic E-state index is 12.4. The van der Waals surface area contributed by atoms with Gasteiger partial charge in [0.25, 0.3) is 0 Å². The van der Waals surface area contributed by atoms with Gasteiger partial charge in [0.1, 0.15) is 0 Å². The van der Waals surface area contributed by atoms with E-state index in [0.29, 0.717) is 17.4 Å². The van der Waals surface area contributed by atoms with Crippen LogP contribution >= 0.6 is 11.8 Å². The van der Waals surface area contributed by atoms with Crippen molar-refractivity contribution in [3.8, 4) is 0 Å². The zero-order valence-corrected chi connectivity index (χ0v) is 17.0. The number of thioether (sulfide) groups is 1. The van der Waals surface area contributed by atoms with Gasteiger partial charge in [0.05, 0.1) is 17.9 Å². The fourth-order valence-electron chi connectivity index (χ4n) is 2.91. The van der Waals surface area contributed by atoms with Gasteiger partial charge in [-0.3, -0.25) is 10.1 Å². The van der Waals surface area contributed by atoms with Gasteiger partial charge in [0.2, 0.25) is 11.1 Å². The predicted octanol–water partition coefficient (Wildman–Crippen LogP) is 2.30. The lowest BCUT2D eigenvalue weighted by Gasteiger charge is -2.14. The highest BCUT2D eigenvalue weighted by Gasteiger charge is 2.23. The molecule has 3 amide bonds. The highest BCUT2D eigenvalue weighted by atomic mass is 32.2. The number of aromatic nitrogens is 4. The smallest absolute Gasteiger partial charge is 0.325 e. The molecule has 0 radical (unpaired) electrons. The molecule has 1 aromatic carbocycles. The maximum Gasteiger partial charge on any atom is 0.325 e. The summed E-state index contributed by atoms with van der Waals surface area (Å²) in [6.07, 6.45) is 2.10. The van der Waals surface area contributed by atoms with Crippen molar-refractivity contribution in [2.75, 3.05) is 11.9 Å². The number of urea groups is 1. The van der Waals surface area contributed by atoms with Crippen molar-refractivity contribution < 1.29 is 14.3 Å². The molecule has 2 atom stereocenters. The average Bonchev–Trinajstić information content (AvgIpc) is 3.30. The molecule has 3 rings (SSSR count). The quantitative estimate of drug-likeness (QED) is 0.711.